The standard InChI is InChI=1S/C29H26FN5O6/c1-3-29(40)17-7-22-25-15(9-35(22)27(38)16(17)11-41-28(29)39)24-19(32-26(37)21-6-13(10-36)33-34-21)5-4-14-12(2)18(30)8-20(31-25)23(14)24/h6-8,19,36,40H,3-5,9-11H2,1-2H3,(H,32,37)(H,33,34)/t19-,29-/m0/s1. The Hall–Kier alpha value is -4.42. The molecule has 0 saturated carbocycles. The molecule has 2 atom stereocenters. The minimum Gasteiger partial charge on any atom is -0.458 e. The smallest absolute Gasteiger partial charge is 0.343 e. The predicted molar refractivity (Wildman–Crippen MR) is 142 cm³/mol. The van der Waals surface area contributed by atoms with E-state index >= 15 is 4.39 Å². The van der Waals surface area contributed by atoms with Crippen LogP contribution in [0.5, 0.6) is 0 Å². The van der Waals surface area contributed by atoms with Crippen LogP contribution in [0.15, 0.2) is 23.0 Å². The molecule has 0 fully saturated rings. The number of cyclic esters (lactones) is 1. The van der Waals surface area contributed by atoms with Crippen LogP contribution < -0.4 is 10.9 Å². The molecular weight excluding hydrogens is 533 g/mol. The quantitative estimate of drug-likeness (QED) is 0.244. The van der Waals surface area contributed by atoms with Gasteiger partial charge in [0.25, 0.3) is 11.5 Å². The largest absolute Gasteiger partial charge is 0.458 e. The van der Waals surface area contributed by atoms with Gasteiger partial charge in [0, 0.05) is 22.6 Å². The Bertz CT molecular complexity index is 1900. The van der Waals surface area contributed by atoms with Gasteiger partial charge in [-0.3, -0.25) is 14.7 Å². The third-order valence-corrected chi connectivity index (χ3v) is 8.72. The minimum atomic E-state index is -1.97. The van der Waals surface area contributed by atoms with Crippen molar-refractivity contribution in [3.05, 3.63) is 79.1 Å². The van der Waals surface area contributed by atoms with E-state index in [2.05, 4.69) is 15.5 Å². The molecule has 5 heterocycles. The van der Waals surface area contributed by atoms with Crippen molar-refractivity contribution in [3.8, 4) is 11.4 Å². The Labute approximate surface area is 232 Å². The summed E-state index contributed by atoms with van der Waals surface area (Å²) < 4.78 is 21.8. The van der Waals surface area contributed by atoms with Crippen LogP contribution in [0.2, 0.25) is 0 Å². The van der Waals surface area contributed by atoms with E-state index in [0.717, 1.165) is 16.5 Å². The summed E-state index contributed by atoms with van der Waals surface area (Å²) in [6.07, 6.45) is 0.995. The van der Waals surface area contributed by atoms with Crippen molar-refractivity contribution in [2.75, 3.05) is 0 Å². The molecule has 1 aromatic carbocycles. The fourth-order valence-electron chi connectivity index (χ4n) is 6.49. The maximum Gasteiger partial charge on any atom is 0.343 e. The minimum absolute atomic E-state index is 0.0120. The number of hydrogen-bond donors (Lipinski definition) is 4. The number of pyridine rings is 2. The zero-order chi connectivity index (χ0) is 28.8. The van der Waals surface area contributed by atoms with Gasteiger partial charge >= 0.3 is 5.97 Å². The average molecular weight is 560 g/mol. The lowest BCUT2D eigenvalue weighted by Gasteiger charge is -2.31. The summed E-state index contributed by atoms with van der Waals surface area (Å²) in [5, 5.41) is 31.0. The number of hydrogen-bond acceptors (Lipinski definition) is 8. The molecule has 0 radical (unpaired) electrons. The number of aromatic nitrogens is 4. The summed E-state index contributed by atoms with van der Waals surface area (Å²) in [7, 11) is 0. The van der Waals surface area contributed by atoms with E-state index in [1.807, 2.05) is 0 Å². The molecule has 1 amide bonds. The van der Waals surface area contributed by atoms with Crippen molar-refractivity contribution >= 4 is 22.8 Å². The van der Waals surface area contributed by atoms with E-state index in [1.165, 1.54) is 16.7 Å². The van der Waals surface area contributed by atoms with Crippen LogP contribution in [0.1, 0.15) is 75.4 Å². The van der Waals surface area contributed by atoms with Gasteiger partial charge in [0.15, 0.2) is 5.60 Å². The van der Waals surface area contributed by atoms with E-state index in [9.17, 15) is 24.6 Å². The highest BCUT2D eigenvalue weighted by Crippen LogP contribution is 2.46. The molecule has 11 nitrogen and oxygen atoms in total. The zero-order valence-corrected chi connectivity index (χ0v) is 22.3. The first-order valence-electron chi connectivity index (χ1n) is 13.4. The normalized spacial score (nSPS) is 20.4. The van der Waals surface area contributed by atoms with Crippen molar-refractivity contribution in [1.29, 1.82) is 0 Å². The van der Waals surface area contributed by atoms with Crippen molar-refractivity contribution < 1.29 is 28.9 Å². The number of amides is 1. The number of aliphatic hydroxyl groups excluding tert-OH is 1. The number of carbonyl (C=O) groups excluding carboxylic acids is 2. The molecule has 3 aromatic heterocycles. The van der Waals surface area contributed by atoms with Crippen LogP contribution >= 0.6 is 0 Å². The Kier molecular flexibility index (Phi) is 5.47. The maximum absolute atomic E-state index is 15.1. The molecule has 0 spiro atoms. The molecule has 0 saturated heterocycles. The number of aliphatic hydroxyl groups is 2. The first-order valence-corrected chi connectivity index (χ1v) is 13.4. The van der Waals surface area contributed by atoms with E-state index in [-0.39, 0.29) is 43.0 Å². The molecule has 41 heavy (non-hydrogen) atoms. The zero-order valence-electron chi connectivity index (χ0n) is 22.3. The molecule has 0 unspecified atom stereocenters. The molecule has 210 valence electrons. The highest BCUT2D eigenvalue weighted by molar-refractivity contribution is 5.96. The van der Waals surface area contributed by atoms with Crippen molar-refractivity contribution in [1.82, 2.24) is 25.1 Å². The summed E-state index contributed by atoms with van der Waals surface area (Å²) >= 11 is 0. The number of aryl methyl sites for hydroxylation is 1. The van der Waals surface area contributed by atoms with E-state index < -0.39 is 34.9 Å². The predicted octanol–water partition coefficient (Wildman–Crippen LogP) is 2.16. The van der Waals surface area contributed by atoms with Gasteiger partial charge in [0.05, 0.1) is 47.4 Å². The number of carbonyl (C=O) groups is 2. The topological polar surface area (TPSA) is 159 Å². The SMILES string of the molecule is CC[C@@]1(O)C(=O)OCc2c1cc1n(c2=O)Cc2c-1nc1cc(F)c(C)c3c1c2[C@@H](NC(=O)c1cc(CO)[nH]n1)CC3. The van der Waals surface area contributed by atoms with Crippen molar-refractivity contribution in [2.24, 2.45) is 0 Å². The number of ether oxygens (including phenoxy) is 1. The summed E-state index contributed by atoms with van der Waals surface area (Å²) in [6, 6.07) is 3.95. The van der Waals surface area contributed by atoms with Gasteiger partial charge in [-0.05, 0) is 55.0 Å². The summed E-state index contributed by atoms with van der Waals surface area (Å²) in [6.45, 7) is 2.96. The van der Waals surface area contributed by atoms with E-state index in [1.54, 1.807) is 19.9 Å². The van der Waals surface area contributed by atoms with Crippen LogP contribution in [0.3, 0.4) is 0 Å². The molecule has 2 aliphatic heterocycles. The maximum atomic E-state index is 15.1. The van der Waals surface area contributed by atoms with Crippen LogP contribution in [0.4, 0.5) is 4.39 Å². The molecule has 12 heteroatoms. The van der Waals surface area contributed by atoms with Crippen molar-refractivity contribution in [3.63, 3.8) is 0 Å². The molecule has 1 aliphatic carbocycles. The lowest BCUT2D eigenvalue weighted by molar-refractivity contribution is -0.172. The average Bonchev–Trinajstić information content (AvgIpc) is 3.60. The summed E-state index contributed by atoms with van der Waals surface area (Å²) in [5.41, 5.74) is 2.54. The summed E-state index contributed by atoms with van der Waals surface area (Å²) in [4.78, 5) is 44.3. The lowest BCUT2D eigenvalue weighted by Crippen LogP contribution is -2.44. The first kappa shape index (κ1) is 25.5. The van der Waals surface area contributed by atoms with Gasteiger partial charge in [-0.2, -0.15) is 5.10 Å². The Morgan fingerprint density at radius 3 is 2.80 bits per heavy atom. The molecule has 7 rings (SSSR count). The van der Waals surface area contributed by atoms with Crippen molar-refractivity contribution in [2.45, 2.75) is 64.5 Å². The third kappa shape index (κ3) is 3.47. The molecular formula is C29H26FN5O6. The Morgan fingerprint density at radius 1 is 1.27 bits per heavy atom. The van der Waals surface area contributed by atoms with Gasteiger partial charge in [0.2, 0.25) is 0 Å². The first-order chi connectivity index (χ1) is 19.7. The molecule has 0 bridgehead atoms. The number of nitrogens with zero attached hydrogens (tertiary/aromatic N) is 3. The number of aromatic amines is 1. The third-order valence-electron chi connectivity index (χ3n) is 8.72. The number of H-pyrrole nitrogens is 1. The van der Waals surface area contributed by atoms with Crippen LogP contribution in [0.25, 0.3) is 22.3 Å². The number of rotatable bonds is 4. The highest BCUT2D eigenvalue weighted by Gasteiger charge is 2.46. The highest BCUT2D eigenvalue weighted by atomic mass is 19.1. The molecule has 4 aromatic rings. The van der Waals surface area contributed by atoms with E-state index in [4.69, 9.17) is 9.72 Å². The number of esters is 1. The second-order valence-electron chi connectivity index (χ2n) is 10.8. The Balaban J connectivity index is 1.44. The molecule has 4 N–H and O–H groups in total. The number of fused-ring (bicyclic) bond motifs is 5. The molecule has 3 aliphatic rings. The van der Waals surface area contributed by atoms with Crippen LogP contribution in [-0.4, -0.2) is 41.8 Å². The number of nitrogens with one attached hydrogen (secondary N) is 2. The van der Waals surface area contributed by atoms with Gasteiger partial charge in [-0.15, -0.1) is 0 Å². The number of benzene rings is 1. The van der Waals surface area contributed by atoms with Gasteiger partial charge in [-0.25, -0.2) is 14.2 Å². The fourth-order valence-corrected chi connectivity index (χ4v) is 6.49. The van der Waals surface area contributed by atoms with Gasteiger partial charge in [0.1, 0.15) is 18.1 Å². The monoisotopic (exact) mass is 559 g/mol. The van der Waals surface area contributed by atoms with Gasteiger partial charge < -0.3 is 24.8 Å². The fraction of sp³-hybridized carbons (Fsp3) is 0.345. The van der Waals surface area contributed by atoms with Crippen LogP contribution in [0, 0.1) is 12.7 Å². The summed E-state index contributed by atoms with van der Waals surface area (Å²) in [5.74, 6) is -1.66. The Morgan fingerprint density at radius 2 is 2.07 bits per heavy atom. The second kappa shape index (κ2) is 8.79. The number of halogens is 1. The van der Waals surface area contributed by atoms with Crippen LogP contribution in [-0.2, 0) is 41.3 Å². The second-order valence-corrected chi connectivity index (χ2v) is 10.8. The lowest BCUT2D eigenvalue weighted by atomic mass is 9.81. The van der Waals surface area contributed by atoms with E-state index in [0.29, 0.717) is 46.6 Å². The van der Waals surface area contributed by atoms with Gasteiger partial charge in [-0.1, -0.05) is 6.92 Å².